The Bertz CT molecular complexity index is 907. The van der Waals surface area contributed by atoms with E-state index in [9.17, 15) is 9.18 Å². The van der Waals surface area contributed by atoms with Crippen molar-refractivity contribution in [3.63, 3.8) is 0 Å². The molecule has 1 aromatic heterocycles. The molecule has 0 aliphatic heterocycles. The molecule has 166 valence electrons. The smallest absolute Gasteiger partial charge is 0.251 e. The lowest BCUT2D eigenvalue weighted by molar-refractivity contribution is 0.0943. The summed E-state index contributed by atoms with van der Waals surface area (Å²) in [6.07, 6.45) is 8.69. The summed E-state index contributed by atoms with van der Waals surface area (Å²) < 4.78 is 13.0. The Kier molecular flexibility index (Phi) is 6.68. The van der Waals surface area contributed by atoms with Crippen LogP contribution in [0.25, 0.3) is 0 Å². The number of rotatable bonds is 6. The van der Waals surface area contributed by atoms with Crippen LogP contribution < -0.4 is 15.5 Å². The van der Waals surface area contributed by atoms with Crippen LogP contribution in [0, 0.1) is 11.7 Å². The number of aromatic nitrogens is 2. The minimum Gasteiger partial charge on any atom is -0.362 e. The van der Waals surface area contributed by atoms with Gasteiger partial charge < -0.3 is 15.5 Å². The van der Waals surface area contributed by atoms with Crippen LogP contribution in [0.4, 0.5) is 16.2 Å². The fourth-order valence-electron chi connectivity index (χ4n) is 4.64. The van der Waals surface area contributed by atoms with E-state index < -0.39 is 0 Å². The van der Waals surface area contributed by atoms with Gasteiger partial charge in [0.05, 0.1) is 5.69 Å². The molecule has 0 unspecified atom stereocenters. The molecule has 0 atom stereocenters. The van der Waals surface area contributed by atoms with Gasteiger partial charge in [0.1, 0.15) is 11.6 Å². The summed E-state index contributed by atoms with van der Waals surface area (Å²) >= 11 is 0. The highest BCUT2D eigenvalue weighted by atomic mass is 19.1. The monoisotopic (exact) mass is 425 g/mol. The Labute approximate surface area is 183 Å². The first-order chi connectivity index (χ1) is 15.0. The number of amides is 1. The van der Waals surface area contributed by atoms with Gasteiger partial charge in [-0.1, -0.05) is 0 Å². The number of anilines is 2. The predicted molar refractivity (Wildman–Crippen MR) is 121 cm³/mol. The SMILES string of the molecule is CN(C)c1nc(NC2CCC(CNC(=O)c3ccc(F)cc3)CC2)nc2c1CCCC2. The van der Waals surface area contributed by atoms with Crippen LogP contribution in [0.2, 0.25) is 0 Å². The molecule has 4 rings (SSSR count). The van der Waals surface area contributed by atoms with Crippen molar-refractivity contribution in [1.82, 2.24) is 15.3 Å². The Morgan fingerprint density at radius 3 is 2.48 bits per heavy atom. The number of benzene rings is 1. The first-order valence-corrected chi connectivity index (χ1v) is 11.4. The van der Waals surface area contributed by atoms with E-state index in [-0.39, 0.29) is 11.7 Å². The molecule has 1 aromatic carbocycles. The van der Waals surface area contributed by atoms with Gasteiger partial charge in [0.15, 0.2) is 0 Å². The molecule has 0 saturated heterocycles. The number of halogens is 1. The fourth-order valence-corrected chi connectivity index (χ4v) is 4.64. The molecule has 0 spiro atoms. The molecule has 1 amide bonds. The first-order valence-electron chi connectivity index (χ1n) is 11.4. The normalized spacial score (nSPS) is 20.6. The minimum atomic E-state index is -0.331. The van der Waals surface area contributed by atoms with Crippen LogP contribution in [0.1, 0.15) is 60.1 Å². The van der Waals surface area contributed by atoms with Gasteiger partial charge in [0.2, 0.25) is 5.95 Å². The maximum absolute atomic E-state index is 13.0. The van der Waals surface area contributed by atoms with E-state index in [4.69, 9.17) is 9.97 Å². The fraction of sp³-hybridized carbons (Fsp3) is 0.542. The van der Waals surface area contributed by atoms with E-state index in [1.165, 1.54) is 48.4 Å². The third kappa shape index (κ3) is 5.32. The van der Waals surface area contributed by atoms with Crippen molar-refractivity contribution >= 4 is 17.7 Å². The highest BCUT2D eigenvalue weighted by Gasteiger charge is 2.24. The molecule has 2 aromatic rings. The number of fused-ring (bicyclic) bond motifs is 1. The van der Waals surface area contributed by atoms with Crippen molar-refractivity contribution in [2.75, 3.05) is 30.9 Å². The van der Waals surface area contributed by atoms with Crippen LogP contribution in [0.5, 0.6) is 0 Å². The summed E-state index contributed by atoms with van der Waals surface area (Å²) in [5.41, 5.74) is 3.00. The van der Waals surface area contributed by atoms with Crippen molar-refractivity contribution in [3.05, 3.63) is 46.9 Å². The number of nitrogens with zero attached hydrogens (tertiary/aromatic N) is 3. The molecule has 0 bridgehead atoms. The van der Waals surface area contributed by atoms with Crippen LogP contribution in [-0.4, -0.2) is 42.6 Å². The van der Waals surface area contributed by atoms with Crippen LogP contribution in [0.15, 0.2) is 24.3 Å². The molecule has 2 aliphatic carbocycles. The van der Waals surface area contributed by atoms with E-state index in [0.29, 0.717) is 24.1 Å². The highest BCUT2D eigenvalue weighted by molar-refractivity contribution is 5.94. The number of aryl methyl sites for hydroxylation is 1. The van der Waals surface area contributed by atoms with E-state index >= 15 is 0 Å². The second-order valence-corrected chi connectivity index (χ2v) is 8.98. The molecule has 2 aliphatic rings. The highest BCUT2D eigenvalue weighted by Crippen LogP contribution is 2.30. The van der Waals surface area contributed by atoms with Gasteiger partial charge >= 0.3 is 0 Å². The van der Waals surface area contributed by atoms with Crippen molar-refractivity contribution in [1.29, 1.82) is 0 Å². The molecule has 2 N–H and O–H groups in total. The zero-order valence-electron chi connectivity index (χ0n) is 18.5. The number of hydrogen-bond donors (Lipinski definition) is 2. The summed E-state index contributed by atoms with van der Waals surface area (Å²) in [5.74, 6) is 1.79. The molecule has 7 heteroatoms. The Hall–Kier alpha value is -2.70. The number of hydrogen-bond acceptors (Lipinski definition) is 5. The van der Waals surface area contributed by atoms with Gasteiger partial charge in [-0.05, 0) is 81.5 Å². The van der Waals surface area contributed by atoms with Crippen LogP contribution in [-0.2, 0) is 12.8 Å². The quantitative estimate of drug-likeness (QED) is 0.733. The average Bonchev–Trinajstić information content (AvgIpc) is 2.78. The van der Waals surface area contributed by atoms with Gasteiger partial charge in [-0.2, -0.15) is 4.98 Å². The second-order valence-electron chi connectivity index (χ2n) is 8.98. The molecule has 1 heterocycles. The summed E-state index contributed by atoms with van der Waals surface area (Å²) in [7, 11) is 4.10. The second kappa shape index (κ2) is 9.62. The standard InChI is InChI=1S/C24H32FN5O/c1-30(2)22-20-5-3-4-6-21(20)28-24(29-22)27-19-13-7-16(8-14-19)15-26-23(31)17-9-11-18(25)12-10-17/h9-12,16,19H,3-8,13-15H2,1-2H3,(H,26,31)(H,27,28,29). The van der Waals surface area contributed by atoms with Gasteiger partial charge in [0, 0.05) is 37.8 Å². The lowest BCUT2D eigenvalue weighted by Gasteiger charge is -2.30. The Balaban J connectivity index is 1.29. The molecule has 6 nitrogen and oxygen atoms in total. The lowest BCUT2D eigenvalue weighted by Crippen LogP contribution is -2.34. The molecule has 1 fully saturated rings. The van der Waals surface area contributed by atoms with Crippen molar-refractivity contribution in [2.24, 2.45) is 5.92 Å². The topological polar surface area (TPSA) is 70.2 Å². The van der Waals surface area contributed by atoms with Gasteiger partial charge in [0.25, 0.3) is 5.91 Å². The molecular weight excluding hydrogens is 393 g/mol. The maximum atomic E-state index is 13.0. The van der Waals surface area contributed by atoms with Crippen molar-refractivity contribution < 1.29 is 9.18 Å². The van der Waals surface area contributed by atoms with E-state index in [1.54, 1.807) is 0 Å². The number of nitrogens with one attached hydrogen (secondary N) is 2. The maximum Gasteiger partial charge on any atom is 0.251 e. The summed E-state index contributed by atoms with van der Waals surface area (Å²) in [6.45, 7) is 0.656. The van der Waals surface area contributed by atoms with E-state index in [0.717, 1.165) is 50.3 Å². The van der Waals surface area contributed by atoms with Crippen LogP contribution >= 0.6 is 0 Å². The van der Waals surface area contributed by atoms with Gasteiger partial charge in [-0.3, -0.25) is 4.79 Å². The summed E-state index contributed by atoms with van der Waals surface area (Å²) in [6, 6.07) is 6.03. The molecule has 0 radical (unpaired) electrons. The zero-order valence-corrected chi connectivity index (χ0v) is 18.5. The lowest BCUT2D eigenvalue weighted by atomic mass is 9.86. The minimum absolute atomic E-state index is 0.140. The predicted octanol–water partition coefficient (Wildman–Crippen LogP) is 3.96. The Morgan fingerprint density at radius 2 is 1.77 bits per heavy atom. The van der Waals surface area contributed by atoms with Gasteiger partial charge in [-0.15, -0.1) is 0 Å². The molecular formula is C24H32FN5O. The van der Waals surface area contributed by atoms with Crippen LogP contribution in [0.3, 0.4) is 0 Å². The van der Waals surface area contributed by atoms with Gasteiger partial charge in [-0.25, -0.2) is 9.37 Å². The van der Waals surface area contributed by atoms with E-state index in [1.807, 2.05) is 14.1 Å². The number of carbonyl (C=O) groups is 1. The van der Waals surface area contributed by atoms with Crippen molar-refractivity contribution in [2.45, 2.75) is 57.4 Å². The van der Waals surface area contributed by atoms with Crippen molar-refractivity contribution in [3.8, 4) is 0 Å². The average molecular weight is 426 g/mol. The summed E-state index contributed by atoms with van der Waals surface area (Å²) in [5, 5.41) is 6.57. The first kappa shape index (κ1) is 21.5. The molecule has 1 saturated carbocycles. The Morgan fingerprint density at radius 1 is 1.06 bits per heavy atom. The largest absolute Gasteiger partial charge is 0.362 e. The number of carbonyl (C=O) groups excluding carboxylic acids is 1. The van der Waals surface area contributed by atoms with E-state index in [2.05, 4.69) is 15.5 Å². The summed E-state index contributed by atoms with van der Waals surface area (Å²) in [4.78, 5) is 24.0. The third-order valence-corrected chi connectivity index (χ3v) is 6.42. The molecule has 31 heavy (non-hydrogen) atoms. The third-order valence-electron chi connectivity index (χ3n) is 6.42. The zero-order chi connectivity index (χ0) is 21.8.